The maximum Gasteiger partial charge on any atom is 0.159 e. The molecule has 0 fully saturated rings. The summed E-state index contributed by atoms with van der Waals surface area (Å²) < 4.78 is 0. The molecule has 0 aromatic heterocycles. The van der Waals surface area contributed by atoms with Crippen LogP contribution >= 0.6 is 35.0 Å². The van der Waals surface area contributed by atoms with E-state index >= 15 is 0 Å². The van der Waals surface area contributed by atoms with Crippen LogP contribution in [0.15, 0.2) is 28.8 Å². The molecule has 0 unspecified atom stereocenters. The Balaban J connectivity index is 3.05. The van der Waals surface area contributed by atoms with E-state index in [-0.39, 0.29) is 5.57 Å². The minimum absolute atomic E-state index is 0.0311. The fourth-order valence-corrected chi connectivity index (χ4v) is 1.86. The van der Waals surface area contributed by atoms with Crippen molar-refractivity contribution in [2.24, 2.45) is 0 Å². The molecule has 0 aliphatic carbocycles. The molecule has 0 aliphatic heterocycles. The first-order chi connectivity index (χ1) is 8.12. The summed E-state index contributed by atoms with van der Waals surface area (Å²) in [6.07, 6.45) is 1.77. The van der Waals surface area contributed by atoms with Gasteiger partial charge in [-0.3, -0.25) is 0 Å². The number of hydrogen-bond acceptors (Lipinski definition) is 4. The van der Waals surface area contributed by atoms with Crippen molar-refractivity contribution in [3.63, 3.8) is 0 Å². The molecule has 0 spiro atoms. The van der Waals surface area contributed by atoms with Gasteiger partial charge in [0.2, 0.25) is 0 Å². The van der Waals surface area contributed by atoms with Crippen LogP contribution < -0.4 is 5.32 Å². The summed E-state index contributed by atoms with van der Waals surface area (Å²) in [5, 5.41) is 21.8. The van der Waals surface area contributed by atoms with Gasteiger partial charge in [-0.15, -0.1) is 11.8 Å². The number of nitrogens with one attached hydrogen (secondary N) is 1. The molecule has 1 rings (SSSR count). The maximum atomic E-state index is 8.77. The Labute approximate surface area is 114 Å². The molecule has 0 heterocycles. The zero-order chi connectivity index (χ0) is 12.8. The molecule has 17 heavy (non-hydrogen) atoms. The van der Waals surface area contributed by atoms with Gasteiger partial charge in [-0.25, -0.2) is 0 Å². The van der Waals surface area contributed by atoms with Gasteiger partial charge in [-0.2, -0.15) is 10.5 Å². The number of halogens is 2. The van der Waals surface area contributed by atoms with Gasteiger partial charge < -0.3 is 5.32 Å². The van der Waals surface area contributed by atoms with Gasteiger partial charge in [0.1, 0.15) is 17.2 Å². The maximum absolute atomic E-state index is 8.77. The van der Waals surface area contributed by atoms with Crippen LogP contribution in [-0.2, 0) is 0 Å². The highest BCUT2D eigenvalue weighted by molar-refractivity contribution is 8.02. The molecule has 1 aromatic rings. The first kappa shape index (κ1) is 13.7. The van der Waals surface area contributed by atoms with E-state index in [2.05, 4.69) is 5.32 Å². The van der Waals surface area contributed by atoms with Crippen LogP contribution in [0.1, 0.15) is 0 Å². The molecule has 6 heteroatoms. The lowest BCUT2D eigenvalue weighted by molar-refractivity contribution is 1.43. The molecule has 0 bridgehead atoms. The van der Waals surface area contributed by atoms with E-state index in [1.165, 1.54) is 11.8 Å². The van der Waals surface area contributed by atoms with Gasteiger partial charge in [0.25, 0.3) is 0 Å². The molecule has 3 nitrogen and oxygen atoms in total. The first-order valence-corrected chi connectivity index (χ1v) is 6.41. The molecule has 0 saturated carbocycles. The van der Waals surface area contributed by atoms with E-state index in [4.69, 9.17) is 33.7 Å². The summed E-state index contributed by atoms with van der Waals surface area (Å²) in [4.78, 5) is 0. The number of allylic oxidation sites excluding steroid dienone is 1. The first-order valence-electron chi connectivity index (χ1n) is 4.43. The zero-order valence-electron chi connectivity index (χ0n) is 8.79. The van der Waals surface area contributed by atoms with E-state index in [1.54, 1.807) is 24.5 Å². The number of benzene rings is 1. The van der Waals surface area contributed by atoms with E-state index < -0.39 is 0 Å². The molecular weight excluding hydrogens is 277 g/mol. The third kappa shape index (κ3) is 3.57. The summed E-state index contributed by atoms with van der Waals surface area (Å²) in [6.45, 7) is 0. The Hall–Kier alpha value is -1.33. The molecule has 0 atom stereocenters. The summed E-state index contributed by atoms with van der Waals surface area (Å²) in [7, 11) is 0. The van der Waals surface area contributed by atoms with Crippen LogP contribution in [0.5, 0.6) is 0 Å². The number of nitriles is 2. The monoisotopic (exact) mass is 283 g/mol. The lowest BCUT2D eigenvalue weighted by Crippen LogP contribution is -1.98. The Morgan fingerprint density at radius 3 is 2.35 bits per heavy atom. The van der Waals surface area contributed by atoms with Gasteiger partial charge in [-0.1, -0.05) is 23.2 Å². The molecular formula is C11H7Cl2N3S. The average Bonchev–Trinajstić information content (AvgIpc) is 2.33. The van der Waals surface area contributed by atoms with Crippen molar-refractivity contribution < 1.29 is 0 Å². The van der Waals surface area contributed by atoms with Gasteiger partial charge in [0, 0.05) is 5.69 Å². The van der Waals surface area contributed by atoms with E-state index in [0.29, 0.717) is 20.8 Å². The van der Waals surface area contributed by atoms with Crippen molar-refractivity contribution in [1.82, 2.24) is 0 Å². The lowest BCUT2D eigenvalue weighted by Gasteiger charge is -2.09. The Bertz CT molecular complexity index is 525. The Morgan fingerprint density at radius 1 is 1.24 bits per heavy atom. The largest absolute Gasteiger partial charge is 0.349 e. The van der Waals surface area contributed by atoms with Gasteiger partial charge in [-0.05, 0) is 24.5 Å². The highest BCUT2D eigenvalue weighted by Crippen LogP contribution is 2.27. The number of hydrogen-bond donors (Lipinski definition) is 1. The Kier molecular flexibility index (Phi) is 5.18. The summed E-state index contributed by atoms with van der Waals surface area (Å²) in [5.41, 5.74) is 0.704. The normalized spacial score (nSPS) is 9.00. The van der Waals surface area contributed by atoms with Crippen LogP contribution in [0, 0.1) is 22.7 Å². The minimum Gasteiger partial charge on any atom is -0.349 e. The van der Waals surface area contributed by atoms with E-state index in [0.717, 1.165) is 0 Å². The fraction of sp³-hybridized carbons (Fsp3) is 0.0909. The van der Waals surface area contributed by atoms with Crippen molar-refractivity contribution in [2.75, 3.05) is 11.6 Å². The molecule has 1 aromatic carbocycles. The van der Waals surface area contributed by atoms with Crippen LogP contribution in [0.2, 0.25) is 10.0 Å². The van der Waals surface area contributed by atoms with E-state index in [9.17, 15) is 0 Å². The molecule has 1 N–H and O–H groups in total. The van der Waals surface area contributed by atoms with Crippen LogP contribution in [0.4, 0.5) is 5.69 Å². The van der Waals surface area contributed by atoms with Crippen molar-refractivity contribution in [1.29, 1.82) is 10.5 Å². The van der Waals surface area contributed by atoms with Crippen LogP contribution in [0.3, 0.4) is 0 Å². The molecule has 86 valence electrons. The molecule has 0 amide bonds. The predicted octanol–water partition coefficient (Wildman–Crippen LogP) is 4.03. The molecule has 0 radical (unpaired) electrons. The second-order valence-electron chi connectivity index (χ2n) is 2.89. The Morgan fingerprint density at radius 2 is 1.88 bits per heavy atom. The minimum atomic E-state index is 0.0311. The average molecular weight is 284 g/mol. The number of anilines is 1. The summed E-state index contributed by atoms with van der Waals surface area (Å²) >= 11 is 12.9. The number of rotatable bonds is 3. The fourth-order valence-electron chi connectivity index (χ4n) is 1.05. The predicted molar refractivity (Wildman–Crippen MR) is 71.9 cm³/mol. The summed E-state index contributed by atoms with van der Waals surface area (Å²) in [5.74, 6) is 0. The number of nitrogens with zero attached hydrogens (tertiary/aromatic N) is 2. The van der Waals surface area contributed by atoms with Crippen molar-refractivity contribution in [3.8, 4) is 12.1 Å². The molecule has 0 aliphatic rings. The molecule has 0 saturated heterocycles. The third-order valence-electron chi connectivity index (χ3n) is 1.83. The van der Waals surface area contributed by atoms with Crippen molar-refractivity contribution in [3.05, 3.63) is 38.8 Å². The van der Waals surface area contributed by atoms with Gasteiger partial charge in [0.15, 0.2) is 5.57 Å². The quantitative estimate of drug-likeness (QED) is 0.851. The highest BCUT2D eigenvalue weighted by atomic mass is 35.5. The standard InChI is InChI=1S/C11H7Cl2N3S/c1-17-11(7(5-14)6-15)16-8-2-3-9(12)10(13)4-8/h2-4,16H,1H3. The highest BCUT2D eigenvalue weighted by Gasteiger charge is 2.06. The van der Waals surface area contributed by atoms with E-state index in [1.807, 2.05) is 12.1 Å². The van der Waals surface area contributed by atoms with Crippen LogP contribution in [-0.4, -0.2) is 6.26 Å². The summed E-state index contributed by atoms with van der Waals surface area (Å²) in [6, 6.07) is 8.64. The SMILES string of the molecule is CSC(Nc1ccc(Cl)c(Cl)c1)=C(C#N)C#N. The van der Waals surface area contributed by atoms with Gasteiger partial charge >= 0.3 is 0 Å². The third-order valence-corrected chi connectivity index (χ3v) is 3.29. The van der Waals surface area contributed by atoms with Gasteiger partial charge in [0.05, 0.1) is 10.0 Å². The topological polar surface area (TPSA) is 59.6 Å². The van der Waals surface area contributed by atoms with Crippen molar-refractivity contribution >= 4 is 40.7 Å². The smallest absolute Gasteiger partial charge is 0.159 e. The second-order valence-corrected chi connectivity index (χ2v) is 4.52. The second kappa shape index (κ2) is 6.42. The lowest BCUT2D eigenvalue weighted by atomic mass is 10.3. The number of thioether (sulfide) groups is 1. The van der Waals surface area contributed by atoms with Crippen LogP contribution in [0.25, 0.3) is 0 Å². The zero-order valence-corrected chi connectivity index (χ0v) is 11.1. The van der Waals surface area contributed by atoms with Crippen molar-refractivity contribution in [2.45, 2.75) is 0 Å².